The van der Waals surface area contributed by atoms with Gasteiger partial charge in [0.05, 0.1) is 0 Å². The van der Waals surface area contributed by atoms with Crippen molar-refractivity contribution in [3.63, 3.8) is 0 Å². The highest BCUT2D eigenvalue weighted by atomic mass is 16.1. The zero-order valence-corrected chi connectivity index (χ0v) is 11.8. The average molecular weight is 256 g/mol. The molecule has 1 heterocycles. The third-order valence-corrected chi connectivity index (χ3v) is 4.16. The van der Waals surface area contributed by atoms with Crippen LogP contribution in [0.25, 0.3) is 10.9 Å². The molecule has 0 unspecified atom stereocenters. The Morgan fingerprint density at radius 3 is 2.79 bits per heavy atom. The lowest BCUT2D eigenvalue weighted by Gasteiger charge is -2.24. The van der Waals surface area contributed by atoms with Gasteiger partial charge in [-0.25, -0.2) is 0 Å². The van der Waals surface area contributed by atoms with E-state index in [0.717, 1.165) is 30.3 Å². The van der Waals surface area contributed by atoms with Crippen LogP contribution in [0.5, 0.6) is 0 Å². The Morgan fingerprint density at radius 1 is 1.32 bits per heavy atom. The summed E-state index contributed by atoms with van der Waals surface area (Å²) in [7, 11) is 6.14. The Bertz CT molecular complexity index is 639. The molecule has 100 valence electrons. The molecule has 0 amide bonds. The van der Waals surface area contributed by atoms with Crippen LogP contribution >= 0.6 is 0 Å². The number of hydrogen-bond acceptors (Lipinski definition) is 2. The van der Waals surface area contributed by atoms with Gasteiger partial charge >= 0.3 is 0 Å². The topological polar surface area (TPSA) is 25.2 Å². The van der Waals surface area contributed by atoms with E-state index in [2.05, 4.69) is 28.6 Å². The predicted molar refractivity (Wildman–Crippen MR) is 77.6 cm³/mol. The zero-order valence-electron chi connectivity index (χ0n) is 11.8. The second-order valence-electron chi connectivity index (χ2n) is 5.76. The summed E-state index contributed by atoms with van der Waals surface area (Å²) in [4.78, 5) is 14.8. The fourth-order valence-corrected chi connectivity index (χ4v) is 3.27. The number of carbonyl (C=O) groups is 1. The van der Waals surface area contributed by atoms with Crippen LogP contribution in [0, 0.1) is 5.92 Å². The number of benzene rings is 1. The third-order valence-electron chi connectivity index (χ3n) is 4.16. The van der Waals surface area contributed by atoms with Crippen LogP contribution in [0.1, 0.15) is 22.5 Å². The van der Waals surface area contributed by atoms with Crippen LogP contribution in [0.15, 0.2) is 24.3 Å². The number of fused-ring (bicyclic) bond motifs is 3. The number of para-hydroxylation sites is 1. The molecule has 0 N–H and O–H groups in total. The van der Waals surface area contributed by atoms with Gasteiger partial charge in [0.25, 0.3) is 0 Å². The number of aromatic nitrogens is 1. The van der Waals surface area contributed by atoms with Crippen LogP contribution in [-0.2, 0) is 13.5 Å². The molecule has 0 radical (unpaired) electrons. The number of ketones is 1. The first-order valence-corrected chi connectivity index (χ1v) is 6.85. The van der Waals surface area contributed by atoms with Gasteiger partial charge in [-0.3, -0.25) is 4.79 Å². The van der Waals surface area contributed by atoms with E-state index in [9.17, 15) is 4.79 Å². The van der Waals surface area contributed by atoms with Gasteiger partial charge in [0.1, 0.15) is 0 Å². The summed E-state index contributed by atoms with van der Waals surface area (Å²) in [6.07, 6.45) is 1.97. The second kappa shape index (κ2) is 4.49. The molecule has 2 aromatic rings. The van der Waals surface area contributed by atoms with Crippen molar-refractivity contribution in [2.75, 3.05) is 20.6 Å². The van der Waals surface area contributed by atoms with Gasteiger partial charge in [0.15, 0.2) is 5.78 Å². The van der Waals surface area contributed by atoms with Gasteiger partial charge in [-0.15, -0.1) is 0 Å². The maximum absolute atomic E-state index is 12.7. The van der Waals surface area contributed by atoms with Crippen molar-refractivity contribution < 1.29 is 4.79 Å². The maximum atomic E-state index is 12.7. The number of carbonyl (C=O) groups excluding carboxylic acids is 1. The lowest BCUT2D eigenvalue weighted by atomic mass is 9.85. The van der Waals surface area contributed by atoms with Crippen molar-refractivity contribution >= 4 is 16.7 Å². The minimum absolute atomic E-state index is 0.147. The van der Waals surface area contributed by atoms with Crippen LogP contribution in [-0.4, -0.2) is 35.9 Å². The molecule has 3 heteroatoms. The van der Waals surface area contributed by atoms with Crippen molar-refractivity contribution in [1.29, 1.82) is 0 Å². The largest absolute Gasteiger partial charge is 0.347 e. The van der Waals surface area contributed by atoms with E-state index in [0.29, 0.717) is 5.78 Å². The quantitative estimate of drug-likeness (QED) is 0.825. The molecule has 1 atom stereocenters. The lowest BCUT2D eigenvalue weighted by Crippen LogP contribution is -2.31. The van der Waals surface area contributed by atoms with Crippen LogP contribution in [0.3, 0.4) is 0 Å². The monoisotopic (exact) mass is 256 g/mol. The molecule has 1 aromatic carbocycles. The minimum Gasteiger partial charge on any atom is -0.347 e. The highest BCUT2D eigenvalue weighted by Gasteiger charge is 2.31. The Kier molecular flexibility index (Phi) is 2.94. The predicted octanol–water partition coefficient (Wildman–Crippen LogP) is 2.49. The van der Waals surface area contributed by atoms with Crippen LogP contribution in [0.4, 0.5) is 0 Å². The van der Waals surface area contributed by atoms with Crippen molar-refractivity contribution in [2.24, 2.45) is 13.0 Å². The molecular formula is C16H20N2O. The van der Waals surface area contributed by atoms with Gasteiger partial charge in [0, 0.05) is 41.7 Å². The molecule has 1 aromatic heterocycles. The van der Waals surface area contributed by atoms with E-state index in [1.807, 2.05) is 26.2 Å². The van der Waals surface area contributed by atoms with Crippen molar-refractivity contribution in [3.05, 3.63) is 35.5 Å². The van der Waals surface area contributed by atoms with E-state index in [1.54, 1.807) is 0 Å². The average Bonchev–Trinajstić information content (AvgIpc) is 2.67. The van der Waals surface area contributed by atoms with E-state index >= 15 is 0 Å². The molecule has 0 saturated carbocycles. The van der Waals surface area contributed by atoms with E-state index in [4.69, 9.17) is 0 Å². The lowest BCUT2D eigenvalue weighted by molar-refractivity contribution is 0.0878. The summed E-state index contributed by atoms with van der Waals surface area (Å²) in [5.41, 5.74) is 3.35. The van der Waals surface area contributed by atoms with Gasteiger partial charge in [-0.1, -0.05) is 18.2 Å². The molecular weight excluding hydrogens is 236 g/mol. The third kappa shape index (κ3) is 1.89. The minimum atomic E-state index is 0.147. The smallest absolute Gasteiger partial charge is 0.169 e. The Labute approximate surface area is 113 Å². The van der Waals surface area contributed by atoms with Gasteiger partial charge in [-0.05, 0) is 33.0 Å². The Morgan fingerprint density at radius 2 is 2.05 bits per heavy atom. The summed E-state index contributed by atoms with van der Waals surface area (Å²) >= 11 is 0. The van der Waals surface area contributed by atoms with Crippen molar-refractivity contribution in [1.82, 2.24) is 9.47 Å². The second-order valence-corrected chi connectivity index (χ2v) is 5.76. The molecule has 0 fully saturated rings. The Balaban J connectivity index is 2.13. The summed E-state index contributed by atoms with van der Waals surface area (Å²) in [6.45, 7) is 0.849. The maximum Gasteiger partial charge on any atom is 0.169 e. The zero-order chi connectivity index (χ0) is 13.6. The highest BCUT2D eigenvalue weighted by molar-refractivity contribution is 6.11. The fourth-order valence-electron chi connectivity index (χ4n) is 3.27. The van der Waals surface area contributed by atoms with Gasteiger partial charge in [-0.2, -0.15) is 0 Å². The number of rotatable bonds is 2. The SMILES string of the molecule is CN(C)C[C@@H]1CCc2c(c3ccccc3n2C)C1=O. The molecule has 0 bridgehead atoms. The standard InChI is InChI=1S/C16H20N2O/c1-17(2)10-11-8-9-14-15(16(11)19)12-6-4-5-7-13(12)18(14)3/h4-7,11H,8-10H2,1-3H3/t11-/m0/s1. The van der Waals surface area contributed by atoms with E-state index in [-0.39, 0.29) is 5.92 Å². The van der Waals surface area contributed by atoms with Gasteiger partial charge in [0.2, 0.25) is 0 Å². The van der Waals surface area contributed by atoms with E-state index < -0.39 is 0 Å². The van der Waals surface area contributed by atoms with Crippen LogP contribution in [0.2, 0.25) is 0 Å². The molecule has 19 heavy (non-hydrogen) atoms. The fraction of sp³-hybridized carbons (Fsp3) is 0.438. The summed E-state index contributed by atoms with van der Waals surface area (Å²) in [5, 5.41) is 1.12. The Hall–Kier alpha value is -1.61. The van der Waals surface area contributed by atoms with Gasteiger partial charge < -0.3 is 9.47 Å². The molecule has 3 nitrogen and oxygen atoms in total. The summed E-state index contributed by atoms with van der Waals surface area (Å²) < 4.78 is 2.19. The van der Waals surface area contributed by atoms with Crippen LogP contribution < -0.4 is 0 Å². The van der Waals surface area contributed by atoms with E-state index in [1.165, 1.54) is 11.2 Å². The number of hydrogen-bond donors (Lipinski definition) is 0. The molecule has 1 aliphatic rings. The van der Waals surface area contributed by atoms with Crippen molar-refractivity contribution in [2.45, 2.75) is 12.8 Å². The summed E-state index contributed by atoms with van der Waals surface area (Å²) in [6, 6.07) is 8.23. The first kappa shape index (κ1) is 12.4. The number of Topliss-reactive ketones (excluding diaryl/α,β-unsaturated/α-hetero) is 1. The first-order chi connectivity index (χ1) is 9.09. The van der Waals surface area contributed by atoms with Crippen molar-refractivity contribution in [3.8, 4) is 0 Å². The molecule has 0 saturated heterocycles. The first-order valence-electron chi connectivity index (χ1n) is 6.85. The highest BCUT2D eigenvalue weighted by Crippen LogP contribution is 2.33. The molecule has 0 spiro atoms. The summed E-state index contributed by atoms with van der Waals surface area (Å²) in [5.74, 6) is 0.472. The number of nitrogens with zero attached hydrogens (tertiary/aromatic N) is 2. The molecule has 0 aliphatic heterocycles. The normalized spacial score (nSPS) is 19.2. The molecule has 3 rings (SSSR count). The molecule has 1 aliphatic carbocycles. The number of aryl methyl sites for hydroxylation is 1.